The van der Waals surface area contributed by atoms with Crippen molar-refractivity contribution in [3.05, 3.63) is 68.8 Å². The predicted octanol–water partition coefficient (Wildman–Crippen LogP) is 4.71. The highest BCUT2D eigenvalue weighted by molar-refractivity contribution is 14.1. The number of halogens is 1. The number of piperidine rings is 1. The molecule has 2 aromatic carbocycles. The Labute approximate surface area is 170 Å². The molecule has 1 aliphatic heterocycles. The summed E-state index contributed by atoms with van der Waals surface area (Å²) < 4.78 is 1.21. The van der Waals surface area contributed by atoms with Crippen LogP contribution in [0.4, 0.5) is 0 Å². The Morgan fingerprint density at radius 1 is 1.12 bits per heavy atom. The molecule has 0 radical (unpaired) electrons. The third-order valence-electron chi connectivity index (χ3n) is 5.19. The van der Waals surface area contributed by atoms with Gasteiger partial charge >= 0.3 is 0 Å². The molecule has 1 aliphatic rings. The second kappa shape index (κ2) is 9.51. The molecule has 138 valence electrons. The van der Waals surface area contributed by atoms with Gasteiger partial charge in [0.2, 0.25) is 0 Å². The molecule has 2 aromatic rings. The zero-order valence-electron chi connectivity index (χ0n) is 15.3. The average Bonchev–Trinajstić information content (AvgIpc) is 2.68. The third-order valence-corrected chi connectivity index (χ3v) is 5.90. The van der Waals surface area contributed by atoms with E-state index < -0.39 is 0 Å². The summed E-state index contributed by atoms with van der Waals surface area (Å²) in [5, 5.41) is 6.58. The molecule has 1 amide bonds. The highest BCUT2D eigenvalue weighted by atomic mass is 127. The second-order valence-electron chi connectivity index (χ2n) is 7.08. The highest BCUT2D eigenvalue weighted by Gasteiger charge is 2.16. The van der Waals surface area contributed by atoms with Crippen molar-refractivity contribution in [2.75, 3.05) is 13.1 Å². The number of nitrogens with one attached hydrogen (secondary N) is 2. The number of carbonyl (C=O) groups is 1. The first-order chi connectivity index (χ1) is 12.7. The van der Waals surface area contributed by atoms with Gasteiger partial charge in [0.1, 0.15) is 0 Å². The maximum atomic E-state index is 12.6. The number of hydrogen-bond donors (Lipinski definition) is 2. The quantitative estimate of drug-likeness (QED) is 0.611. The van der Waals surface area contributed by atoms with E-state index in [-0.39, 0.29) is 11.9 Å². The highest BCUT2D eigenvalue weighted by Crippen LogP contribution is 2.20. The van der Waals surface area contributed by atoms with Crippen LogP contribution in [-0.4, -0.2) is 19.0 Å². The summed E-state index contributed by atoms with van der Waals surface area (Å²) in [7, 11) is 0. The molecule has 0 spiro atoms. The Morgan fingerprint density at radius 3 is 2.38 bits per heavy atom. The molecule has 1 atom stereocenters. The number of benzene rings is 2. The molecular weight excluding hydrogens is 435 g/mol. The topological polar surface area (TPSA) is 41.1 Å². The maximum Gasteiger partial charge on any atom is 0.251 e. The number of rotatable bonds is 6. The first kappa shape index (κ1) is 19.4. The van der Waals surface area contributed by atoms with Gasteiger partial charge in [0.25, 0.3) is 5.91 Å². The van der Waals surface area contributed by atoms with Crippen molar-refractivity contribution in [1.29, 1.82) is 0 Å². The van der Waals surface area contributed by atoms with E-state index >= 15 is 0 Å². The summed E-state index contributed by atoms with van der Waals surface area (Å²) in [6.07, 6.45) is 4.48. The maximum absolute atomic E-state index is 12.6. The van der Waals surface area contributed by atoms with E-state index in [9.17, 15) is 4.79 Å². The molecule has 0 saturated carbocycles. The van der Waals surface area contributed by atoms with Gasteiger partial charge in [0.15, 0.2) is 0 Å². The van der Waals surface area contributed by atoms with Gasteiger partial charge in [0.05, 0.1) is 6.04 Å². The van der Waals surface area contributed by atoms with Gasteiger partial charge in [-0.15, -0.1) is 0 Å². The van der Waals surface area contributed by atoms with Crippen LogP contribution in [0.1, 0.15) is 53.7 Å². The van der Waals surface area contributed by atoms with Gasteiger partial charge in [-0.2, -0.15) is 0 Å². The SMILES string of the molecule is CCC(NC(=O)c1ccc(CC2CCNCC2)cc1)c1ccc(I)cc1. The fraction of sp³-hybridized carbons (Fsp3) is 0.409. The molecule has 0 aromatic heterocycles. The molecule has 0 bridgehead atoms. The van der Waals surface area contributed by atoms with Gasteiger partial charge in [-0.25, -0.2) is 0 Å². The molecule has 1 unspecified atom stereocenters. The second-order valence-corrected chi connectivity index (χ2v) is 8.33. The Hall–Kier alpha value is -1.40. The molecule has 3 nitrogen and oxygen atoms in total. The predicted molar refractivity (Wildman–Crippen MR) is 115 cm³/mol. The number of amides is 1. The largest absolute Gasteiger partial charge is 0.345 e. The van der Waals surface area contributed by atoms with E-state index in [2.05, 4.69) is 76.5 Å². The summed E-state index contributed by atoms with van der Waals surface area (Å²) >= 11 is 2.30. The van der Waals surface area contributed by atoms with Crippen LogP contribution < -0.4 is 10.6 Å². The van der Waals surface area contributed by atoms with Crippen molar-refractivity contribution in [1.82, 2.24) is 10.6 Å². The van der Waals surface area contributed by atoms with Crippen LogP contribution in [0.5, 0.6) is 0 Å². The van der Waals surface area contributed by atoms with Crippen molar-refractivity contribution in [2.24, 2.45) is 5.92 Å². The van der Waals surface area contributed by atoms with Crippen LogP contribution in [0.3, 0.4) is 0 Å². The standard InChI is InChI=1S/C22H27IN2O/c1-2-21(18-7-9-20(23)10-8-18)25-22(26)19-5-3-16(4-6-19)15-17-11-13-24-14-12-17/h3-10,17,21,24H,2,11-15H2,1H3,(H,25,26). The smallest absolute Gasteiger partial charge is 0.251 e. The van der Waals surface area contributed by atoms with E-state index in [1.807, 2.05) is 12.1 Å². The molecule has 4 heteroatoms. The Kier molecular flexibility index (Phi) is 7.08. The van der Waals surface area contributed by atoms with Crippen LogP contribution in [0, 0.1) is 9.49 Å². The lowest BCUT2D eigenvalue weighted by atomic mass is 9.91. The van der Waals surface area contributed by atoms with E-state index in [1.165, 1.54) is 22.0 Å². The Bertz CT molecular complexity index is 706. The van der Waals surface area contributed by atoms with Gasteiger partial charge < -0.3 is 10.6 Å². The lowest BCUT2D eigenvalue weighted by molar-refractivity contribution is 0.0935. The number of hydrogen-bond acceptors (Lipinski definition) is 2. The monoisotopic (exact) mass is 462 g/mol. The Morgan fingerprint density at radius 2 is 1.77 bits per heavy atom. The fourth-order valence-corrected chi connectivity index (χ4v) is 3.93. The van der Waals surface area contributed by atoms with Gasteiger partial charge in [0, 0.05) is 9.13 Å². The summed E-state index contributed by atoms with van der Waals surface area (Å²) in [6.45, 7) is 4.36. The van der Waals surface area contributed by atoms with E-state index in [0.29, 0.717) is 0 Å². The minimum absolute atomic E-state index is 0.00353. The van der Waals surface area contributed by atoms with E-state index in [0.717, 1.165) is 43.0 Å². The van der Waals surface area contributed by atoms with E-state index in [1.54, 1.807) is 0 Å². The van der Waals surface area contributed by atoms with Crippen LogP contribution in [-0.2, 0) is 6.42 Å². The lowest BCUT2D eigenvalue weighted by Crippen LogP contribution is -2.29. The molecule has 26 heavy (non-hydrogen) atoms. The molecule has 1 fully saturated rings. The number of carbonyl (C=O) groups excluding carboxylic acids is 1. The minimum atomic E-state index is 0.00353. The van der Waals surface area contributed by atoms with Crippen LogP contribution in [0.2, 0.25) is 0 Å². The van der Waals surface area contributed by atoms with Gasteiger partial charge in [-0.1, -0.05) is 31.2 Å². The molecule has 0 aliphatic carbocycles. The van der Waals surface area contributed by atoms with Crippen molar-refractivity contribution in [3.63, 3.8) is 0 Å². The molecule has 3 rings (SSSR count). The summed E-state index contributed by atoms with van der Waals surface area (Å²) in [5.41, 5.74) is 3.23. The van der Waals surface area contributed by atoms with Crippen LogP contribution in [0.25, 0.3) is 0 Å². The summed E-state index contributed by atoms with van der Waals surface area (Å²) in [4.78, 5) is 12.6. The summed E-state index contributed by atoms with van der Waals surface area (Å²) in [6, 6.07) is 16.6. The Balaban J connectivity index is 1.60. The van der Waals surface area contributed by atoms with Gasteiger partial charge in [-0.05, 0) is 103 Å². The minimum Gasteiger partial charge on any atom is -0.345 e. The zero-order valence-corrected chi connectivity index (χ0v) is 17.5. The van der Waals surface area contributed by atoms with Crippen molar-refractivity contribution in [2.45, 2.75) is 38.6 Å². The third kappa shape index (κ3) is 5.30. The summed E-state index contributed by atoms with van der Waals surface area (Å²) in [5.74, 6) is 0.769. The average molecular weight is 462 g/mol. The molecule has 1 saturated heterocycles. The first-order valence-electron chi connectivity index (χ1n) is 9.51. The van der Waals surface area contributed by atoms with E-state index in [4.69, 9.17) is 0 Å². The lowest BCUT2D eigenvalue weighted by Gasteiger charge is -2.22. The first-order valence-corrected chi connectivity index (χ1v) is 10.6. The van der Waals surface area contributed by atoms with Gasteiger partial charge in [-0.3, -0.25) is 4.79 Å². The zero-order chi connectivity index (χ0) is 18.4. The molecular formula is C22H27IN2O. The molecule has 1 heterocycles. The van der Waals surface area contributed by atoms with Crippen molar-refractivity contribution < 1.29 is 4.79 Å². The molecule has 2 N–H and O–H groups in total. The van der Waals surface area contributed by atoms with Crippen LogP contribution in [0.15, 0.2) is 48.5 Å². The van der Waals surface area contributed by atoms with Crippen LogP contribution >= 0.6 is 22.6 Å². The fourth-order valence-electron chi connectivity index (χ4n) is 3.57. The van der Waals surface area contributed by atoms with Crippen molar-refractivity contribution in [3.8, 4) is 0 Å². The normalized spacial score (nSPS) is 16.2. The van der Waals surface area contributed by atoms with Crippen molar-refractivity contribution >= 4 is 28.5 Å².